The maximum absolute atomic E-state index is 11.5. The van der Waals surface area contributed by atoms with Crippen molar-refractivity contribution in [3.63, 3.8) is 0 Å². The highest BCUT2D eigenvalue weighted by Gasteiger charge is 2.05. The minimum absolute atomic E-state index is 0.596. The third kappa shape index (κ3) is 2.22. The number of hydrogen-bond acceptors (Lipinski definition) is 2. The topological polar surface area (TPSA) is 41.7 Å². The molecule has 0 aliphatic carbocycles. The van der Waals surface area contributed by atoms with Gasteiger partial charge in [0, 0.05) is 5.56 Å². The lowest BCUT2D eigenvalue weighted by atomic mass is 10.1. The smallest absolute Gasteiger partial charge is 0.157 e. The van der Waals surface area contributed by atoms with Gasteiger partial charge in [0.1, 0.15) is 0 Å². The summed E-state index contributed by atoms with van der Waals surface area (Å²) in [4.78, 5) is 0.641. The highest BCUT2D eigenvalue weighted by Crippen LogP contribution is 2.20. The zero-order valence-electron chi connectivity index (χ0n) is 8.98. The molecule has 76 valence electrons. The van der Waals surface area contributed by atoms with Crippen molar-refractivity contribution < 1.29 is 4.86 Å². The van der Waals surface area contributed by atoms with E-state index in [1.165, 1.54) is 5.01 Å². The lowest BCUT2D eigenvalue weighted by Crippen LogP contribution is -2.07. The standard InChI is InChI=1S/C10H15N3O/c1-8-6-5-7-10(9(8)2)13(14)11-12(3)4/h5-7H,1-4H3/b13-11-. The van der Waals surface area contributed by atoms with Gasteiger partial charge in [-0.15, -0.1) is 4.86 Å². The van der Waals surface area contributed by atoms with Gasteiger partial charge in [-0.25, -0.2) is 0 Å². The van der Waals surface area contributed by atoms with Crippen LogP contribution in [-0.4, -0.2) is 24.0 Å². The fourth-order valence-electron chi connectivity index (χ4n) is 1.15. The summed E-state index contributed by atoms with van der Waals surface area (Å²) in [6.07, 6.45) is 0. The van der Waals surface area contributed by atoms with E-state index in [9.17, 15) is 5.21 Å². The largest absolute Gasteiger partial charge is 0.691 e. The Morgan fingerprint density at radius 2 is 1.93 bits per heavy atom. The van der Waals surface area contributed by atoms with E-state index in [0.29, 0.717) is 10.5 Å². The lowest BCUT2D eigenvalue weighted by Gasteiger charge is -2.11. The Bertz CT molecular complexity index is 358. The van der Waals surface area contributed by atoms with Crippen molar-refractivity contribution in [2.24, 2.45) is 5.22 Å². The normalized spacial score (nSPS) is 11.6. The molecule has 0 unspecified atom stereocenters. The lowest BCUT2D eigenvalue weighted by molar-refractivity contribution is -0.460. The molecule has 0 spiro atoms. The van der Waals surface area contributed by atoms with E-state index in [0.717, 1.165) is 11.1 Å². The Morgan fingerprint density at radius 1 is 1.29 bits per heavy atom. The quantitative estimate of drug-likeness (QED) is 0.411. The van der Waals surface area contributed by atoms with Gasteiger partial charge in [-0.05, 0) is 25.5 Å². The molecule has 4 heteroatoms. The number of rotatable bonds is 2. The minimum atomic E-state index is 0.596. The molecule has 0 amide bonds. The Balaban J connectivity index is 3.13. The summed E-state index contributed by atoms with van der Waals surface area (Å²) in [6, 6.07) is 5.60. The zero-order valence-corrected chi connectivity index (χ0v) is 8.98. The van der Waals surface area contributed by atoms with Crippen LogP contribution in [0.2, 0.25) is 0 Å². The predicted octanol–water partition coefficient (Wildman–Crippen LogP) is 2.37. The van der Waals surface area contributed by atoms with Gasteiger partial charge < -0.3 is 5.21 Å². The Kier molecular flexibility index (Phi) is 3.06. The van der Waals surface area contributed by atoms with Crippen LogP contribution in [0.3, 0.4) is 0 Å². The van der Waals surface area contributed by atoms with Crippen LogP contribution in [0.15, 0.2) is 23.4 Å². The SMILES string of the molecule is Cc1cccc(/[N+]([O-])=N/N(C)C)c1C. The summed E-state index contributed by atoms with van der Waals surface area (Å²) in [5.41, 5.74) is 2.66. The van der Waals surface area contributed by atoms with Crippen LogP contribution in [0.5, 0.6) is 0 Å². The first-order chi connectivity index (χ1) is 6.52. The Hall–Kier alpha value is -1.58. The van der Waals surface area contributed by atoms with E-state index in [4.69, 9.17) is 0 Å². The fraction of sp³-hybridized carbons (Fsp3) is 0.400. The molecule has 0 N–H and O–H groups in total. The van der Waals surface area contributed by atoms with Crippen molar-refractivity contribution in [3.05, 3.63) is 34.5 Å². The van der Waals surface area contributed by atoms with Crippen LogP contribution in [0.4, 0.5) is 5.69 Å². The molecule has 0 atom stereocenters. The molecular formula is C10H15N3O. The summed E-state index contributed by atoms with van der Waals surface area (Å²) >= 11 is 0. The molecule has 4 nitrogen and oxygen atoms in total. The predicted molar refractivity (Wildman–Crippen MR) is 55.3 cm³/mol. The zero-order chi connectivity index (χ0) is 10.7. The van der Waals surface area contributed by atoms with E-state index >= 15 is 0 Å². The molecule has 0 aliphatic heterocycles. The van der Waals surface area contributed by atoms with Crippen LogP contribution >= 0.6 is 0 Å². The molecule has 0 saturated heterocycles. The van der Waals surface area contributed by atoms with Crippen molar-refractivity contribution in [2.75, 3.05) is 14.1 Å². The van der Waals surface area contributed by atoms with Crippen molar-refractivity contribution >= 4 is 5.69 Å². The monoisotopic (exact) mass is 193 g/mol. The summed E-state index contributed by atoms with van der Waals surface area (Å²) in [5, 5.41) is 16.8. The van der Waals surface area contributed by atoms with Gasteiger partial charge in [0.25, 0.3) is 0 Å². The first-order valence-corrected chi connectivity index (χ1v) is 4.44. The molecule has 14 heavy (non-hydrogen) atoms. The second kappa shape index (κ2) is 4.09. The van der Waals surface area contributed by atoms with Gasteiger partial charge in [-0.1, -0.05) is 12.1 Å². The summed E-state index contributed by atoms with van der Waals surface area (Å²) < 4.78 is 0. The highest BCUT2D eigenvalue weighted by molar-refractivity contribution is 5.43. The number of hydrogen-bond donors (Lipinski definition) is 0. The van der Waals surface area contributed by atoms with Crippen LogP contribution in [0.1, 0.15) is 11.1 Å². The van der Waals surface area contributed by atoms with Gasteiger partial charge in [-0.2, -0.15) is 5.01 Å². The summed E-state index contributed by atoms with van der Waals surface area (Å²) in [7, 11) is 3.44. The summed E-state index contributed by atoms with van der Waals surface area (Å²) in [6.45, 7) is 3.89. The molecule has 0 fully saturated rings. The van der Waals surface area contributed by atoms with E-state index in [1.807, 2.05) is 26.0 Å². The number of nitrogens with zero attached hydrogens (tertiary/aromatic N) is 3. The second-order valence-corrected chi connectivity index (χ2v) is 3.43. The maximum Gasteiger partial charge on any atom is 0.157 e. The van der Waals surface area contributed by atoms with Gasteiger partial charge in [0.2, 0.25) is 0 Å². The molecule has 1 aromatic carbocycles. The van der Waals surface area contributed by atoms with Gasteiger partial charge in [-0.3, -0.25) is 0 Å². The molecule has 0 bridgehead atoms. The van der Waals surface area contributed by atoms with Gasteiger partial charge >= 0.3 is 0 Å². The second-order valence-electron chi connectivity index (χ2n) is 3.43. The van der Waals surface area contributed by atoms with Gasteiger partial charge in [0.05, 0.1) is 19.3 Å². The molecule has 0 aliphatic rings. The third-order valence-electron chi connectivity index (χ3n) is 2.04. The molecule has 1 rings (SSSR count). The molecule has 0 heterocycles. The van der Waals surface area contributed by atoms with Crippen LogP contribution in [-0.2, 0) is 0 Å². The van der Waals surface area contributed by atoms with Crippen LogP contribution < -0.4 is 0 Å². The van der Waals surface area contributed by atoms with E-state index in [2.05, 4.69) is 5.22 Å². The van der Waals surface area contributed by atoms with Crippen LogP contribution in [0.25, 0.3) is 0 Å². The van der Waals surface area contributed by atoms with Crippen molar-refractivity contribution in [1.82, 2.24) is 5.01 Å². The van der Waals surface area contributed by atoms with Crippen molar-refractivity contribution in [1.29, 1.82) is 0 Å². The molecule has 0 aromatic heterocycles. The maximum atomic E-state index is 11.5. The first-order valence-electron chi connectivity index (χ1n) is 4.44. The Labute approximate surface area is 84.0 Å². The third-order valence-corrected chi connectivity index (χ3v) is 2.04. The molecule has 1 aromatic rings. The van der Waals surface area contributed by atoms with E-state index < -0.39 is 0 Å². The molecule has 0 saturated carbocycles. The average Bonchev–Trinajstić information content (AvgIpc) is 2.08. The molecule has 0 radical (unpaired) electrons. The fourth-order valence-corrected chi connectivity index (χ4v) is 1.15. The number of benzene rings is 1. The highest BCUT2D eigenvalue weighted by atomic mass is 16.5. The van der Waals surface area contributed by atoms with Gasteiger partial charge in [0.15, 0.2) is 5.69 Å². The molecular weight excluding hydrogens is 178 g/mol. The minimum Gasteiger partial charge on any atom is -0.691 e. The van der Waals surface area contributed by atoms with Crippen molar-refractivity contribution in [3.8, 4) is 0 Å². The summed E-state index contributed by atoms with van der Waals surface area (Å²) in [5.74, 6) is 0. The average molecular weight is 193 g/mol. The van der Waals surface area contributed by atoms with E-state index in [1.54, 1.807) is 20.2 Å². The first kappa shape index (κ1) is 10.5. The Morgan fingerprint density at radius 3 is 2.50 bits per heavy atom. The van der Waals surface area contributed by atoms with Crippen LogP contribution in [0, 0.1) is 19.1 Å². The van der Waals surface area contributed by atoms with E-state index in [-0.39, 0.29) is 0 Å². The van der Waals surface area contributed by atoms with Crippen molar-refractivity contribution in [2.45, 2.75) is 13.8 Å². The number of aryl methyl sites for hydroxylation is 1.